The zero-order chi connectivity index (χ0) is 14.6. The van der Waals surface area contributed by atoms with Crippen LogP contribution < -0.4 is 11.3 Å². The first-order chi connectivity index (χ1) is 9.52. The third-order valence-electron chi connectivity index (χ3n) is 4.86. The fourth-order valence-electron chi connectivity index (χ4n) is 3.65. The number of hydrogen-bond acceptors (Lipinski definition) is 2. The standard InChI is InChI=1S/C15H25F3N2/c16-15(17,18)13-9-7-12(8-10-13)14(20-19)11-5-3-1-2-4-6-11/h5,12-14,20H,1-4,6-10,19H2. The van der Waals surface area contributed by atoms with Crippen LogP contribution in [0.25, 0.3) is 0 Å². The summed E-state index contributed by atoms with van der Waals surface area (Å²) >= 11 is 0. The van der Waals surface area contributed by atoms with E-state index in [2.05, 4.69) is 11.5 Å². The van der Waals surface area contributed by atoms with Crippen molar-refractivity contribution in [3.05, 3.63) is 11.6 Å². The maximum absolute atomic E-state index is 12.7. The van der Waals surface area contributed by atoms with Gasteiger partial charge in [0.05, 0.1) is 5.92 Å². The molecule has 0 amide bonds. The summed E-state index contributed by atoms with van der Waals surface area (Å²) in [7, 11) is 0. The summed E-state index contributed by atoms with van der Waals surface area (Å²) in [5.41, 5.74) is 4.19. The van der Waals surface area contributed by atoms with E-state index in [0.717, 1.165) is 12.8 Å². The van der Waals surface area contributed by atoms with Gasteiger partial charge in [0.1, 0.15) is 0 Å². The number of rotatable bonds is 3. The lowest BCUT2D eigenvalue weighted by Crippen LogP contribution is -2.44. The minimum atomic E-state index is -4.03. The molecule has 0 radical (unpaired) electrons. The van der Waals surface area contributed by atoms with Gasteiger partial charge >= 0.3 is 6.18 Å². The van der Waals surface area contributed by atoms with E-state index in [1.54, 1.807) is 0 Å². The van der Waals surface area contributed by atoms with Gasteiger partial charge in [0.2, 0.25) is 0 Å². The fourth-order valence-corrected chi connectivity index (χ4v) is 3.65. The summed E-state index contributed by atoms with van der Waals surface area (Å²) in [6.45, 7) is 0. The predicted octanol–water partition coefficient (Wildman–Crippen LogP) is 4.08. The Kier molecular flexibility index (Phi) is 5.49. The van der Waals surface area contributed by atoms with Crippen molar-refractivity contribution in [1.82, 2.24) is 5.43 Å². The Hall–Kier alpha value is -0.550. The normalized spacial score (nSPS) is 30.5. The lowest BCUT2D eigenvalue weighted by molar-refractivity contribution is -0.184. The van der Waals surface area contributed by atoms with E-state index in [1.807, 2.05) is 0 Å². The molecule has 0 aromatic heterocycles. The van der Waals surface area contributed by atoms with Crippen molar-refractivity contribution >= 4 is 0 Å². The molecule has 0 bridgehead atoms. The average Bonchev–Trinajstić information content (AvgIpc) is 2.68. The molecule has 0 spiro atoms. The summed E-state index contributed by atoms with van der Waals surface area (Å²) in [6, 6.07) is 0.0716. The van der Waals surface area contributed by atoms with Gasteiger partial charge in [0, 0.05) is 6.04 Å². The van der Waals surface area contributed by atoms with E-state index in [0.29, 0.717) is 12.8 Å². The number of hydrogen-bond donors (Lipinski definition) is 2. The topological polar surface area (TPSA) is 38.0 Å². The van der Waals surface area contributed by atoms with Crippen LogP contribution in [-0.4, -0.2) is 12.2 Å². The van der Waals surface area contributed by atoms with E-state index in [-0.39, 0.29) is 24.8 Å². The zero-order valence-electron chi connectivity index (χ0n) is 11.9. The monoisotopic (exact) mass is 290 g/mol. The molecule has 1 unspecified atom stereocenters. The number of alkyl halides is 3. The third-order valence-corrected chi connectivity index (χ3v) is 4.86. The molecule has 0 aliphatic heterocycles. The highest BCUT2D eigenvalue weighted by Crippen LogP contribution is 2.41. The molecule has 2 aliphatic rings. The highest BCUT2D eigenvalue weighted by molar-refractivity contribution is 5.14. The number of nitrogens with two attached hydrogens (primary N) is 1. The second kappa shape index (κ2) is 6.94. The van der Waals surface area contributed by atoms with Crippen molar-refractivity contribution in [3.8, 4) is 0 Å². The van der Waals surface area contributed by atoms with Gasteiger partial charge in [0.25, 0.3) is 0 Å². The van der Waals surface area contributed by atoms with Gasteiger partial charge in [-0.3, -0.25) is 11.3 Å². The molecule has 116 valence electrons. The van der Waals surface area contributed by atoms with Gasteiger partial charge in [-0.05, 0) is 57.3 Å². The molecule has 1 atom stereocenters. The minimum absolute atomic E-state index is 0.0716. The van der Waals surface area contributed by atoms with Crippen molar-refractivity contribution in [2.75, 3.05) is 0 Å². The molecule has 0 aromatic rings. The van der Waals surface area contributed by atoms with E-state index in [1.165, 1.54) is 24.8 Å². The molecule has 2 rings (SSSR count). The van der Waals surface area contributed by atoms with Gasteiger partial charge in [-0.15, -0.1) is 0 Å². The number of halogens is 3. The first-order valence-electron chi connectivity index (χ1n) is 7.74. The van der Waals surface area contributed by atoms with Crippen molar-refractivity contribution in [3.63, 3.8) is 0 Å². The Morgan fingerprint density at radius 3 is 2.40 bits per heavy atom. The van der Waals surface area contributed by atoms with Crippen LogP contribution in [-0.2, 0) is 0 Å². The highest BCUT2D eigenvalue weighted by atomic mass is 19.4. The maximum Gasteiger partial charge on any atom is 0.391 e. The first-order valence-corrected chi connectivity index (χ1v) is 7.74. The minimum Gasteiger partial charge on any atom is -0.271 e. The molecule has 20 heavy (non-hydrogen) atoms. The quantitative estimate of drug-likeness (QED) is 0.467. The Morgan fingerprint density at radius 2 is 1.80 bits per heavy atom. The summed E-state index contributed by atoms with van der Waals surface area (Å²) in [5.74, 6) is 4.83. The van der Waals surface area contributed by atoms with Crippen LogP contribution in [0.15, 0.2) is 11.6 Å². The van der Waals surface area contributed by atoms with Gasteiger partial charge in [-0.1, -0.05) is 18.1 Å². The van der Waals surface area contributed by atoms with Crippen LogP contribution in [0, 0.1) is 11.8 Å². The van der Waals surface area contributed by atoms with E-state index < -0.39 is 12.1 Å². The number of allylic oxidation sites excluding steroid dienone is 1. The van der Waals surface area contributed by atoms with Crippen LogP contribution in [0.1, 0.15) is 57.8 Å². The van der Waals surface area contributed by atoms with Crippen molar-refractivity contribution in [2.24, 2.45) is 17.7 Å². The molecule has 1 saturated carbocycles. The fraction of sp³-hybridized carbons (Fsp3) is 0.867. The molecule has 0 saturated heterocycles. The Bertz CT molecular complexity index is 331. The highest BCUT2D eigenvalue weighted by Gasteiger charge is 2.42. The SMILES string of the molecule is NNC(C1=CCCCCC1)C1CCC(C(F)(F)F)CC1. The van der Waals surface area contributed by atoms with Crippen LogP contribution in [0.3, 0.4) is 0 Å². The molecular formula is C15H25F3N2. The lowest BCUT2D eigenvalue weighted by atomic mass is 9.76. The number of nitrogens with one attached hydrogen (secondary N) is 1. The molecule has 2 nitrogen and oxygen atoms in total. The summed E-state index contributed by atoms with van der Waals surface area (Å²) < 4.78 is 38.1. The van der Waals surface area contributed by atoms with E-state index in [4.69, 9.17) is 5.84 Å². The summed E-state index contributed by atoms with van der Waals surface area (Å²) in [5, 5.41) is 0. The lowest BCUT2D eigenvalue weighted by Gasteiger charge is -2.35. The van der Waals surface area contributed by atoms with E-state index >= 15 is 0 Å². The van der Waals surface area contributed by atoms with Gasteiger partial charge in [0.15, 0.2) is 0 Å². The Balaban J connectivity index is 1.94. The third kappa shape index (κ3) is 3.98. The molecule has 0 aromatic carbocycles. The van der Waals surface area contributed by atoms with Crippen molar-refractivity contribution in [2.45, 2.75) is 70.0 Å². The van der Waals surface area contributed by atoms with Gasteiger partial charge < -0.3 is 0 Å². The second-order valence-corrected chi connectivity index (χ2v) is 6.18. The Morgan fingerprint density at radius 1 is 1.10 bits per heavy atom. The molecular weight excluding hydrogens is 265 g/mol. The van der Waals surface area contributed by atoms with Gasteiger partial charge in [-0.25, -0.2) is 0 Å². The largest absolute Gasteiger partial charge is 0.391 e. The summed E-state index contributed by atoms with van der Waals surface area (Å²) in [6.07, 6.45) is 5.69. The first kappa shape index (κ1) is 15.8. The predicted molar refractivity (Wildman–Crippen MR) is 73.8 cm³/mol. The van der Waals surface area contributed by atoms with Gasteiger partial charge in [-0.2, -0.15) is 13.2 Å². The zero-order valence-corrected chi connectivity index (χ0v) is 11.9. The average molecular weight is 290 g/mol. The van der Waals surface area contributed by atoms with Crippen LogP contribution >= 0.6 is 0 Å². The molecule has 2 aliphatic carbocycles. The Labute approximate surface area is 119 Å². The second-order valence-electron chi connectivity index (χ2n) is 6.18. The van der Waals surface area contributed by atoms with Crippen LogP contribution in [0.4, 0.5) is 13.2 Å². The summed E-state index contributed by atoms with van der Waals surface area (Å²) in [4.78, 5) is 0. The molecule has 0 heterocycles. The number of hydrazine groups is 1. The van der Waals surface area contributed by atoms with Crippen molar-refractivity contribution < 1.29 is 13.2 Å². The van der Waals surface area contributed by atoms with E-state index in [9.17, 15) is 13.2 Å². The van der Waals surface area contributed by atoms with Crippen LogP contribution in [0.2, 0.25) is 0 Å². The van der Waals surface area contributed by atoms with Crippen molar-refractivity contribution in [1.29, 1.82) is 0 Å². The van der Waals surface area contributed by atoms with Crippen LogP contribution in [0.5, 0.6) is 0 Å². The maximum atomic E-state index is 12.7. The molecule has 3 N–H and O–H groups in total. The molecule has 1 fully saturated rings. The smallest absolute Gasteiger partial charge is 0.271 e. The molecule has 5 heteroatoms.